The van der Waals surface area contributed by atoms with Gasteiger partial charge in [0.2, 0.25) is 0 Å². The molecule has 1 aromatic rings. The number of anilines is 1. The first-order chi connectivity index (χ1) is 15.1. The van der Waals surface area contributed by atoms with E-state index in [1.165, 1.54) is 12.3 Å². The van der Waals surface area contributed by atoms with Gasteiger partial charge in [-0.1, -0.05) is 0 Å². The molecule has 0 aromatic carbocycles. The van der Waals surface area contributed by atoms with Gasteiger partial charge in [-0.15, -0.1) is 0 Å². The number of rotatable bonds is 12. The number of aliphatic hydroxyl groups is 2. The van der Waals surface area contributed by atoms with Crippen LogP contribution in [0.15, 0.2) is 17.1 Å². The summed E-state index contributed by atoms with van der Waals surface area (Å²) in [7, 11) is -4.62. The van der Waals surface area contributed by atoms with Crippen molar-refractivity contribution < 1.29 is 51.7 Å². The van der Waals surface area contributed by atoms with Crippen LogP contribution in [-0.4, -0.2) is 99.8 Å². The molecular formula is C16H31N4O11P2+. The van der Waals surface area contributed by atoms with Crippen molar-refractivity contribution in [1.29, 1.82) is 0 Å². The van der Waals surface area contributed by atoms with Gasteiger partial charge in [0, 0.05) is 12.7 Å². The number of likely N-dealkylation sites (N-methyl/N-ethyl adjacent to an activating group) is 1. The fourth-order valence-electron chi connectivity index (χ4n) is 2.76. The number of phosphoric acid groups is 2. The standard InChI is InChI=1S/C16H30N4O11P2/c1-5-17-12-6-7-19(16(23)18-12)15-14(22)13(21)11(30-15)10-29-33(26,27)31-32(24,25)28-9-8-20(2,3)4/h6-7,11,13-15,21-22H,5,8-10H2,1-4H3,(H2-,17,18,23,24,25,26,27)/p+1/t11-,13?,14?,15-/m1/s1. The highest BCUT2D eigenvalue weighted by molar-refractivity contribution is 7.61. The number of hydrogen-bond donors (Lipinski definition) is 5. The van der Waals surface area contributed by atoms with Crippen LogP contribution in [0.4, 0.5) is 5.82 Å². The minimum absolute atomic E-state index is 0.231. The maximum Gasteiger partial charge on any atom is 0.481 e. The Morgan fingerprint density at radius 1 is 1.18 bits per heavy atom. The Bertz CT molecular complexity index is 953. The molecule has 0 bridgehead atoms. The smallest absolute Gasteiger partial charge is 0.387 e. The molecule has 17 heteroatoms. The van der Waals surface area contributed by atoms with Gasteiger partial charge in [-0.2, -0.15) is 9.29 Å². The molecule has 190 valence electrons. The van der Waals surface area contributed by atoms with Crippen molar-refractivity contribution in [2.45, 2.75) is 31.5 Å². The van der Waals surface area contributed by atoms with E-state index in [1.54, 1.807) is 0 Å². The lowest BCUT2D eigenvalue weighted by Gasteiger charge is -2.24. The van der Waals surface area contributed by atoms with E-state index in [0.29, 0.717) is 23.4 Å². The summed E-state index contributed by atoms with van der Waals surface area (Å²) in [5, 5.41) is 23.3. The van der Waals surface area contributed by atoms with Crippen molar-refractivity contribution in [3.05, 3.63) is 22.7 Å². The molecule has 1 aliphatic rings. The number of hydrogen-bond acceptors (Lipinski definition) is 11. The van der Waals surface area contributed by atoms with Crippen LogP contribution in [0.3, 0.4) is 0 Å². The average molecular weight is 517 g/mol. The third-order valence-corrected chi connectivity index (χ3v) is 7.06. The lowest BCUT2D eigenvalue weighted by molar-refractivity contribution is -0.870. The molecular weight excluding hydrogens is 486 g/mol. The van der Waals surface area contributed by atoms with E-state index in [1.807, 2.05) is 28.1 Å². The molecule has 15 nitrogen and oxygen atoms in total. The number of quaternary nitrogens is 1. The first-order valence-electron chi connectivity index (χ1n) is 9.95. The molecule has 0 spiro atoms. The van der Waals surface area contributed by atoms with Gasteiger partial charge in [0.05, 0.1) is 27.7 Å². The summed E-state index contributed by atoms with van der Waals surface area (Å²) < 4.78 is 44.2. The normalized spacial score (nSPS) is 27.2. The molecule has 33 heavy (non-hydrogen) atoms. The third-order valence-electron chi connectivity index (χ3n) is 4.42. The predicted octanol–water partition coefficient (Wildman–Crippen LogP) is -0.749. The van der Waals surface area contributed by atoms with Gasteiger partial charge in [-0.3, -0.25) is 13.6 Å². The Kier molecular flexibility index (Phi) is 9.35. The van der Waals surface area contributed by atoms with Crippen molar-refractivity contribution in [3.63, 3.8) is 0 Å². The van der Waals surface area contributed by atoms with Crippen LogP contribution in [0.25, 0.3) is 0 Å². The van der Waals surface area contributed by atoms with Crippen LogP contribution >= 0.6 is 15.6 Å². The van der Waals surface area contributed by atoms with Crippen molar-refractivity contribution in [2.75, 3.05) is 52.8 Å². The molecule has 6 atom stereocenters. The van der Waals surface area contributed by atoms with Gasteiger partial charge in [-0.05, 0) is 13.0 Å². The van der Waals surface area contributed by atoms with E-state index in [9.17, 15) is 33.9 Å². The van der Waals surface area contributed by atoms with Crippen molar-refractivity contribution in [3.8, 4) is 0 Å². The highest BCUT2D eigenvalue weighted by atomic mass is 31.3. The summed E-state index contributed by atoms with van der Waals surface area (Å²) in [6.45, 7) is 1.62. The largest absolute Gasteiger partial charge is 0.481 e. The number of nitrogens with one attached hydrogen (secondary N) is 1. The van der Waals surface area contributed by atoms with Crippen molar-refractivity contribution in [1.82, 2.24) is 9.55 Å². The number of ether oxygens (including phenoxy) is 1. The van der Waals surface area contributed by atoms with Gasteiger partial charge in [0.1, 0.15) is 37.3 Å². The highest BCUT2D eigenvalue weighted by Gasteiger charge is 2.46. The molecule has 5 N–H and O–H groups in total. The van der Waals surface area contributed by atoms with E-state index in [4.69, 9.17) is 4.74 Å². The van der Waals surface area contributed by atoms with Crippen LogP contribution in [0.1, 0.15) is 13.2 Å². The second-order valence-electron chi connectivity index (χ2n) is 8.24. The molecule has 1 saturated heterocycles. The Morgan fingerprint density at radius 3 is 2.39 bits per heavy atom. The Morgan fingerprint density at radius 2 is 1.82 bits per heavy atom. The van der Waals surface area contributed by atoms with Crippen LogP contribution in [0.2, 0.25) is 0 Å². The zero-order valence-corrected chi connectivity index (χ0v) is 20.5. The molecule has 1 fully saturated rings. The first-order valence-corrected chi connectivity index (χ1v) is 12.9. The van der Waals surface area contributed by atoms with Crippen molar-refractivity contribution in [2.24, 2.45) is 0 Å². The SMILES string of the molecule is CCNc1ccn([C@@H]2O[C@H](COP(=O)(O)OP(=O)(O)OCC[N+](C)(C)C)C(O)C2O)c(=O)n1. The molecule has 0 saturated carbocycles. The topological polar surface area (TPSA) is 199 Å². The van der Waals surface area contributed by atoms with Gasteiger partial charge < -0.3 is 34.5 Å². The summed E-state index contributed by atoms with van der Waals surface area (Å²) in [5.41, 5.74) is -0.769. The highest BCUT2D eigenvalue weighted by Crippen LogP contribution is 2.60. The van der Waals surface area contributed by atoms with E-state index < -0.39 is 52.5 Å². The minimum atomic E-state index is -5.11. The molecule has 1 aromatic heterocycles. The number of phosphoric ester groups is 2. The molecule has 1 aliphatic heterocycles. The maximum atomic E-state index is 12.2. The van der Waals surface area contributed by atoms with E-state index >= 15 is 0 Å². The summed E-state index contributed by atoms with van der Waals surface area (Å²) in [5.74, 6) is 0.308. The summed E-state index contributed by atoms with van der Waals surface area (Å²) in [4.78, 5) is 35.4. The van der Waals surface area contributed by atoms with E-state index in [0.717, 1.165) is 4.57 Å². The second kappa shape index (κ2) is 11.0. The molecule has 2 rings (SSSR count). The third kappa shape index (κ3) is 8.50. The van der Waals surface area contributed by atoms with Crippen LogP contribution in [-0.2, 0) is 27.2 Å². The monoisotopic (exact) mass is 517 g/mol. The zero-order chi connectivity index (χ0) is 25.0. The van der Waals surface area contributed by atoms with Crippen molar-refractivity contribution >= 4 is 21.5 Å². The van der Waals surface area contributed by atoms with Gasteiger partial charge >= 0.3 is 21.3 Å². The van der Waals surface area contributed by atoms with Gasteiger partial charge in [-0.25, -0.2) is 13.9 Å². The molecule has 4 unspecified atom stereocenters. The predicted molar refractivity (Wildman–Crippen MR) is 114 cm³/mol. The average Bonchev–Trinajstić information content (AvgIpc) is 2.93. The fraction of sp³-hybridized carbons (Fsp3) is 0.750. The zero-order valence-electron chi connectivity index (χ0n) is 18.7. The Balaban J connectivity index is 1.97. The molecule has 0 radical (unpaired) electrons. The van der Waals surface area contributed by atoms with Gasteiger partial charge in [0.15, 0.2) is 6.23 Å². The lowest BCUT2D eigenvalue weighted by Crippen LogP contribution is -2.37. The number of nitrogens with zero attached hydrogens (tertiary/aromatic N) is 3. The number of aromatic nitrogens is 2. The number of aliphatic hydroxyl groups excluding tert-OH is 2. The van der Waals surface area contributed by atoms with Gasteiger partial charge in [0.25, 0.3) is 0 Å². The summed E-state index contributed by atoms with van der Waals surface area (Å²) in [6, 6.07) is 1.46. The minimum Gasteiger partial charge on any atom is -0.387 e. The molecule has 0 aliphatic carbocycles. The Hall–Kier alpha value is -1.22. The second-order valence-corrected chi connectivity index (χ2v) is 11.3. The quantitative estimate of drug-likeness (QED) is 0.172. The molecule has 0 amide bonds. The lowest BCUT2D eigenvalue weighted by atomic mass is 10.1. The first kappa shape index (κ1) is 28.0. The van der Waals surface area contributed by atoms with Crippen LogP contribution in [0.5, 0.6) is 0 Å². The van der Waals surface area contributed by atoms with Crippen LogP contribution in [0, 0.1) is 0 Å². The van der Waals surface area contributed by atoms with E-state index in [-0.39, 0.29) is 6.61 Å². The fourth-order valence-corrected chi connectivity index (χ4v) is 4.83. The van der Waals surface area contributed by atoms with Crippen LogP contribution < -0.4 is 11.0 Å². The summed E-state index contributed by atoms with van der Waals surface area (Å²) in [6.07, 6.45) is -4.63. The Labute approximate surface area is 190 Å². The maximum absolute atomic E-state index is 12.2. The molecule has 2 heterocycles. The van der Waals surface area contributed by atoms with E-state index in [2.05, 4.69) is 23.7 Å². The summed E-state index contributed by atoms with van der Waals surface area (Å²) >= 11 is 0.